The fourth-order valence-electron chi connectivity index (χ4n) is 2.64. The maximum Gasteiger partial charge on any atom is 0.119 e. The highest BCUT2D eigenvalue weighted by molar-refractivity contribution is 6.32. The van der Waals surface area contributed by atoms with Crippen molar-refractivity contribution in [2.24, 2.45) is 4.99 Å². The molecule has 3 rings (SSSR count). The summed E-state index contributed by atoms with van der Waals surface area (Å²) in [5.41, 5.74) is 4.50. The molecular weight excluding hydrogens is 306 g/mol. The molecule has 0 saturated carbocycles. The van der Waals surface area contributed by atoms with Crippen LogP contribution in [-0.2, 0) is 6.42 Å². The topological polar surface area (TPSA) is 21.6 Å². The number of nitrogens with zero attached hydrogens (tertiary/aromatic N) is 1. The summed E-state index contributed by atoms with van der Waals surface area (Å²) < 4.78 is 5.73. The summed E-state index contributed by atoms with van der Waals surface area (Å²) in [7, 11) is 0. The first-order chi connectivity index (χ1) is 11.3. The summed E-state index contributed by atoms with van der Waals surface area (Å²) in [6, 6.07) is 14.1. The maximum atomic E-state index is 6.20. The number of hydrogen-bond donors (Lipinski definition) is 0. The Morgan fingerprint density at radius 1 is 1.17 bits per heavy atom. The molecule has 2 nitrogen and oxygen atoms in total. The Morgan fingerprint density at radius 2 is 2.04 bits per heavy atom. The van der Waals surface area contributed by atoms with E-state index >= 15 is 0 Å². The Morgan fingerprint density at radius 3 is 2.87 bits per heavy atom. The quantitative estimate of drug-likeness (QED) is 0.741. The minimum absolute atomic E-state index is 0.753. The SMILES string of the molecule is CCCOc1ccc2c(c1)CCN=C2/C=C/c1ccccc1Cl. The number of halogens is 1. The van der Waals surface area contributed by atoms with Crippen LogP contribution in [0.25, 0.3) is 6.08 Å². The van der Waals surface area contributed by atoms with Crippen LogP contribution in [0.1, 0.15) is 30.0 Å². The standard InChI is InChI=1S/C20H20ClNO/c1-2-13-23-17-8-9-18-16(14-17)11-12-22-20(18)10-7-15-5-3-4-6-19(15)21/h3-10,14H,2,11-13H2,1H3/b10-7+. The second-order valence-electron chi connectivity index (χ2n) is 5.54. The molecule has 0 atom stereocenters. The first kappa shape index (κ1) is 15.8. The van der Waals surface area contributed by atoms with Gasteiger partial charge in [0.15, 0.2) is 0 Å². The second kappa shape index (κ2) is 7.47. The van der Waals surface area contributed by atoms with E-state index in [9.17, 15) is 0 Å². The fourth-order valence-corrected chi connectivity index (χ4v) is 2.84. The van der Waals surface area contributed by atoms with Gasteiger partial charge in [-0.3, -0.25) is 4.99 Å². The number of allylic oxidation sites excluding steroid dienone is 1. The molecule has 2 aromatic carbocycles. The molecule has 118 valence electrons. The Balaban J connectivity index is 1.83. The molecule has 0 radical (unpaired) electrons. The van der Waals surface area contributed by atoms with E-state index < -0.39 is 0 Å². The van der Waals surface area contributed by atoms with Gasteiger partial charge in [0.25, 0.3) is 0 Å². The van der Waals surface area contributed by atoms with Crippen LogP contribution in [0.2, 0.25) is 5.02 Å². The maximum absolute atomic E-state index is 6.20. The van der Waals surface area contributed by atoms with Gasteiger partial charge >= 0.3 is 0 Å². The van der Waals surface area contributed by atoms with E-state index in [2.05, 4.69) is 24.0 Å². The minimum atomic E-state index is 0.753. The summed E-state index contributed by atoms with van der Waals surface area (Å²) in [5.74, 6) is 0.946. The number of aliphatic imine (C=N–C) groups is 1. The van der Waals surface area contributed by atoms with Crippen molar-refractivity contribution in [1.82, 2.24) is 0 Å². The van der Waals surface area contributed by atoms with Gasteiger partial charge in [-0.1, -0.05) is 42.8 Å². The van der Waals surface area contributed by atoms with Gasteiger partial charge in [-0.05, 0) is 54.3 Å². The lowest BCUT2D eigenvalue weighted by Gasteiger charge is -2.16. The van der Waals surface area contributed by atoms with Gasteiger partial charge < -0.3 is 4.74 Å². The molecule has 1 aliphatic rings. The lowest BCUT2D eigenvalue weighted by atomic mass is 9.96. The molecule has 0 amide bonds. The molecule has 0 saturated heterocycles. The van der Waals surface area contributed by atoms with Crippen molar-refractivity contribution >= 4 is 23.4 Å². The van der Waals surface area contributed by atoms with Crippen molar-refractivity contribution in [3.8, 4) is 5.75 Å². The van der Waals surface area contributed by atoms with E-state index in [0.717, 1.165) is 48.0 Å². The lowest BCUT2D eigenvalue weighted by Crippen LogP contribution is -2.11. The largest absolute Gasteiger partial charge is 0.494 e. The van der Waals surface area contributed by atoms with E-state index in [0.29, 0.717) is 0 Å². The van der Waals surface area contributed by atoms with Gasteiger partial charge in [-0.2, -0.15) is 0 Å². The van der Waals surface area contributed by atoms with Crippen molar-refractivity contribution < 1.29 is 4.74 Å². The van der Waals surface area contributed by atoms with E-state index in [4.69, 9.17) is 16.3 Å². The van der Waals surface area contributed by atoms with Gasteiger partial charge in [0.2, 0.25) is 0 Å². The number of hydrogen-bond acceptors (Lipinski definition) is 2. The van der Waals surface area contributed by atoms with E-state index in [1.807, 2.05) is 42.5 Å². The molecule has 0 spiro atoms. The first-order valence-electron chi connectivity index (χ1n) is 8.01. The van der Waals surface area contributed by atoms with E-state index in [1.165, 1.54) is 11.1 Å². The van der Waals surface area contributed by atoms with Crippen LogP contribution in [0.15, 0.2) is 53.5 Å². The predicted octanol–water partition coefficient (Wildman–Crippen LogP) is 5.19. The highest BCUT2D eigenvalue weighted by Crippen LogP contribution is 2.24. The Labute approximate surface area is 142 Å². The molecule has 23 heavy (non-hydrogen) atoms. The van der Waals surface area contributed by atoms with Gasteiger partial charge in [-0.15, -0.1) is 0 Å². The molecule has 0 bridgehead atoms. The zero-order valence-electron chi connectivity index (χ0n) is 13.3. The number of benzene rings is 2. The predicted molar refractivity (Wildman–Crippen MR) is 97.8 cm³/mol. The average molecular weight is 326 g/mol. The van der Waals surface area contributed by atoms with Crippen molar-refractivity contribution in [2.75, 3.05) is 13.2 Å². The smallest absolute Gasteiger partial charge is 0.119 e. The van der Waals surface area contributed by atoms with E-state index in [-0.39, 0.29) is 0 Å². The minimum Gasteiger partial charge on any atom is -0.494 e. The fraction of sp³-hybridized carbons (Fsp3) is 0.250. The van der Waals surface area contributed by atoms with Gasteiger partial charge in [-0.25, -0.2) is 0 Å². The van der Waals surface area contributed by atoms with Gasteiger partial charge in [0, 0.05) is 17.1 Å². The summed E-state index contributed by atoms with van der Waals surface area (Å²) >= 11 is 6.20. The number of ether oxygens (including phenoxy) is 1. The second-order valence-corrected chi connectivity index (χ2v) is 5.95. The molecule has 0 aromatic heterocycles. The molecule has 1 heterocycles. The summed E-state index contributed by atoms with van der Waals surface area (Å²) in [6.45, 7) is 3.68. The molecule has 3 heteroatoms. The summed E-state index contributed by atoms with van der Waals surface area (Å²) in [4.78, 5) is 4.65. The molecule has 0 unspecified atom stereocenters. The zero-order chi connectivity index (χ0) is 16.1. The number of rotatable bonds is 5. The van der Waals surface area contributed by atoms with Crippen LogP contribution in [0, 0.1) is 0 Å². The van der Waals surface area contributed by atoms with E-state index in [1.54, 1.807) is 0 Å². The molecule has 0 N–H and O–H groups in total. The Kier molecular flexibility index (Phi) is 5.14. The highest BCUT2D eigenvalue weighted by atomic mass is 35.5. The monoisotopic (exact) mass is 325 g/mol. The molecule has 1 aliphatic heterocycles. The van der Waals surface area contributed by atoms with Crippen molar-refractivity contribution in [3.05, 3.63) is 70.3 Å². The molecule has 2 aromatic rings. The first-order valence-corrected chi connectivity index (χ1v) is 8.39. The van der Waals surface area contributed by atoms with Crippen LogP contribution in [0.4, 0.5) is 0 Å². The van der Waals surface area contributed by atoms with Crippen LogP contribution < -0.4 is 4.74 Å². The highest BCUT2D eigenvalue weighted by Gasteiger charge is 2.13. The molecular formula is C20H20ClNO. The van der Waals surface area contributed by atoms with Gasteiger partial charge in [0.05, 0.1) is 12.3 Å². The Bertz CT molecular complexity index is 749. The zero-order valence-corrected chi connectivity index (χ0v) is 14.0. The Hall–Kier alpha value is -2.06. The molecule has 0 aliphatic carbocycles. The van der Waals surface area contributed by atoms with Crippen molar-refractivity contribution in [3.63, 3.8) is 0 Å². The summed E-state index contributed by atoms with van der Waals surface area (Å²) in [6.07, 6.45) is 6.05. The third kappa shape index (κ3) is 3.83. The number of fused-ring (bicyclic) bond motifs is 1. The lowest BCUT2D eigenvalue weighted by molar-refractivity contribution is 0.317. The third-order valence-corrected chi connectivity index (χ3v) is 4.16. The van der Waals surface area contributed by atoms with Crippen molar-refractivity contribution in [1.29, 1.82) is 0 Å². The average Bonchev–Trinajstić information content (AvgIpc) is 2.59. The van der Waals surface area contributed by atoms with Crippen LogP contribution in [0.5, 0.6) is 5.75 Å². The molecule has 0 fully saturated rings. The third-order valence-electron chi connectivity index (χ3n) is 3.81. The van der Waals surface area contributed by atoms with Gasteiger partial charge in [0.1, 0.15) is 5.75 Å². The summed E-state index contributed by atoms with van der Waals surface area (Å²) in [5, 5.41) is 0.753. The van der Waals surface area contributed by atoms with Crippen LogP contribution >= 0.6 is 11.6 Å². The van der Waals surface area contributed by atoms with Crippen molar-refractivity contribution in [2.45, 2.75) is 19.8 Å². The van der Waals surface area contributed by atoms with Crippen LogP contribution in [-0.4, -0.2) is 18.9 Å². The van der Waals surface area contributed by atoms with Crippen LogP contribution in [0.3, 0.4) is 0 Å². The normalized spacial score (nSPS) is 13.7.